The van der Waals surface area contributed by atoms with Crippen LogP contribution in [0.1, 0.15) is 51.9 Å². The third kappa shape index (κ3) is 3.35. The number of fused-ring (bicyclic) bond motifs is 1. The third-order valence-electron chi connectivity index (χ3n) is 4.29. The molecule has 3 aromatic rings. The highest BCUT2D eigenvalue weighted by Gasteiger charge is 2.23. The minimum atomic E-state index is -0.586. The fourth-order valence-corrected chi connectivity index (χ4v) is 4.09. The maximum absolute atomic E-state index is 12.4. The molecule has 0 spiro atoms. The molecule has 0 fully saturated rings. The summed E-state index contributed by atoms with van der Waals surface area (Å²) in [5, 5.41) is 8.05. The lowest BCUT2D eigenvalue weighted by Crippen LogP contribution is -2.08. The SMILES string of the molecule is C[C@H](OC(=O)c1cc2c(s1)CCCC2)c1nnc(-c2ccccc2)o1. The molecule has 5 nitrogen and oxygen atoms in total. The molecule has 0 amide bonds. The van der Waals surface area contributed by atoms with Crippen LogP contribution in [0.15, 0.2) is 40.8 Å². The smallest absolute Gasteiger partial charge is 0.349 e. The standard InChI is InChI=1S/C19H18N2O3S/c1-12(17-20-21-18(24-17)13-7-3-2-4-8-13)23-19(22)16-11-14-9-5-6-10-15(14)25-16/h2-4,7-8,11-12H,5-6,9-10H2,1H3/t12-/m0/s1. The monoisotopic (exact) mass is 354 g/mol. The first-order chi connectivity index (χ1) is 12.2. The summed E-state index contributed by atoms with van der Waals surface area (Å²) < 4.78 is 11.2. The molecule has 0 saturated carbocycles. The van der Waals surface area contributed by atoms with Gasteiger partial charge in [-0.15, -0.1) is 21.5 Å². The number of esters is 1. The Bertz CT molecular complexity index is 862. The first-order valence-corrected chi connectivity index (χ1v) is 9.24. The molecule has 1 aliphatic carbocycles. The molecule has 6 heteroatoms. The second kappa shape index (κ2) is 6.80. The first-order valence-electron chi connectivity index (χ1n) is 8.42. The van der Waals surface area contributed by atoms with Gasteiger partial charge in [-0.05, 0) is 56.4 Å². The van der Waals surface area contributed by atoms with Crippen molar-refractivity contribution in [3.8, 4) is 11.5 Å². The van der Waals surface area contributed by atoms with Crippen molar-refractivity contribution in [1.29, 1.82) is 0 Å². The number of hydrogen-bond acceptors (Lipinski definition) is 6. The number of rotatable bonds is 4. The van der Waals surface area contributed by atoms with E-state index in [1.807, 2.05) is 36.4 Å². The largest absolute Gasteiger partial charge is 0.448 e. The minimum Gasteiger partial charge on any atom is -0.448 e. The van der Waals surface area contributed by atoms with E-state index in [4.69, 9.17) is 9.15 Å². The molecule has 0 saturated heterocycles. The lowest BCUT2D eigenvalue weighted by molar-refractivity contribution is 0.0285. The van der Waals surface area contributed by atoms with Crippen LogP contribution in [0.4, 0.5) is 0 Å². The Morgan fingerprint density at radius 2 is 2.00 bits per heavy atom. The Hall–Kier alpha value is -2.47. The van der Waals surface area contributed by atoms with E-state index in [0.29, 0.717) is 16.7 Å². The van der Waals surface area contributed by atoms with E-state index in [-0.39, 0.29) is 5.97 Å². The predicted molar refractivity (Wildman–Crippen MR) is 94.5 cm³/mol. The lowest BCUT2D eigenvalue weighted by Gasteiger charge is -2.08. The molecule has 128 valence electrons. The Morgan fingerprint density at radius 3 is 2.80 bits per heavy atom. The van der Waals surface area contributed by atoms with Gasteiger partial charge in [-0.2, -0.15) is 0 Å². The molecule has 1 aliphatic rings. The van der Waals surface area contributed by atoms with Crippen molar-refractivity contribution in [1.82, 2.24) is 10.2 Å². The molecule has 0 bridgehead atoms. The molecule has 1 aromatic carbocycles. The van der Waals surface area contributed by atoms with Gasteiger partial charge in [0.1, 0.15) is 4.88 Å². The molecular weight excluding hydrogens is 336 g/mol. The lowest BCUT2D eigenvalue weighted by atomic mass is 9.99. The molecule has 0 N–H and O–H groups in total. The summed E-state index contributed by atoms with van der Waals surface area (Å²) in [7, 11) is 0. The first kappa shape index (κ1) is 16.0. The number of benzene rings is 1. The second-order valence-corrected chi connectivity index (χ2v) is 7.26. The van der Waals surface area contributed by atoms with Gasteiger partial charge in [0.05, 0.1) is 0 Å². The van der Waals surface area contributed by atoms with E-state index in [1.165, 1.54) is 23.3 Å². The van der Waals surface area contributed by atoms with Crippen LogP contribution in [0.3, 0.4) is 0 Å². The fourth-order valence-electron chi connectivity index (χ4n) is 2.96. The number of carbonyl (C=O) groups excluding carboxylic acids is 1. The van der Waals surface area contributed by atoms with Crippen molar-refractivity contribution in [3.05, 3.63) is 57.6 Å². The zero-order valence-corrected chi connectivity index (χ0v) is 14.7. The van der Waals surface area contributed by atoms with E-state index >= 15 is 0 Å². The van der Waals surface area contributed by atoms with E-state index in [0.717, 1.165) is 18.4 Å². The average Bonchev–Trinajstić information content (AvgIpc) is 3.29. The Kier molecular flexibility index (Phi) is 4.36. The van der Waals surface area contributed by atoms with Crippen molar-refractivity contribution in [2.75, 3.05) is 0 Å². The number of nitrogens with zero attached hydrogens (tertiary/aromatic N) is 2. The van der Waals surface area contributed by atoms with E-state index in [9.17, 15) is 4.79 Å². The molecule has 25 heavy (non-hydrogen) atoms. The van der Waals surface area contributed by atoms with Crippen LogP contribution in [-0.4, -0.2) is 16.2 Å². The van der Waals surface area contributed by atoms with Crippen LogP contribution in [0.2, 0.25) is 0 Å². The molecule has 4 rings (SSSR count). The van der Waals surface area contributed by atoms with Gasteiger partial charge in [-0.1, -0.05) is 18.2 Å². The van der Waals surface area contributed by atoms with Crippen LogP contribution in [0, 0.1) is 0 Å². The summed E-state index contributed by atoms with van der Waals surface area (Å²) in [4.78, 5) is 14.4. The van der Waals surface area contributed by atoms with Gasteiger partial charge in [-0.3, -0.25) is 0 Å². The van der Waals surface area contributed by atoms with E-state index in [1.54, 1.807) is 18.3 Å². The number of hydrogen-bond donors (Lipinski definition) is 0. The van der Waals surface area contributed by atoms with Crippen LogP contribution in [0.25, 0.3) is 11.5 Å². The van der Waals surface area contributed by atoms with Crippen molar-refractivity contribution < 1.29 is 13.9 Å². The van der Waals surface area contributed by atoms with Gasteiger partial charge in [-0.25, -0.2) is 4.79 Å². The minimum absolute atomic E-state index is 0.300. The topological polar surface area (TPSA) is 65.2 Å². The van der Waals surface area contributed by atoms with Crippen LogP contribution in [-0.2, 0) is 17.6 Å². The number of thiophene rings is 1. The predicted octanol–water partition coefficient (Wildman–Crippen LogP) is 4.59. The number of aromatic nitrogens is 2. The summed E-state index contributed by atoms with van der Waals surface area (Å²) >= 11 is 1.54. The molecule has 0 unspecified atom stereocenters. The van der Waals surface area contributed by atoms with Gasteiger partial charge in [0.15, 0.2) is 6.10 Å². The Labute approximate surface area is 149 Å². The quantitative estimate of drug-likeness (QED) is 0.641. The van der Waals surface area contributed by atoms with Gasteiger partial charge >= 0.3 is 5.97 Å². The zero-order valence-electron chi connectivity index (χ0n) is 13.9. The highest BCUT2D eigenvalue weighted by atomic mass is 32.1. The van der Waals surface area contributed by atoms with Crippen molar-refractivity contribution in [2.45, 2.75) is 38.7 Å². The Morgan fingerprint density at radius 1 is 1.20 bits per heavy atom. The summed E-state index contributed by atoms with van der Waals surface area (Å²) in [6.45, 7) is 1.74. The molecule has 2 heterocycles. The number of aryl methyl sites for hydroxylation is 2. The zero-order chi connectivity index (χ0) is 17.2. The van der Waals surface area contributed by atoms with Gasteiger partial charge in [0, 0.05) is 10.4 Å². The van der Waals surface area contributed by atoms with Gasteiger partial charge in [0.25, 0.3) is 5.89 Å². The normalized spacial score (nSPS) is 14.8. The highest BCUT2D eigenvalue weighted by Crippen LogP contribution is 2.31. The third-order valence-corrected chi connectivity index (χ3v) is 5.51. The van der Waals surface area contributed by atoms with Crippen LogP contribution >= 0.6 is 11.3 Å². The average molecular weight is 354 g/mol. The second-order valence-electron chi connectivity index (χ2n) is 6.13. The molecule has 0 aliphatic heterocycles. The number of ether oxygens (including phenoxy) is 1. The van der Waals surface area contributed by atoms with Crippen LogP contribution in [0.5, 0.6) is 0 Å². The summed E-state index contributed by atoms with van der Waals surface area (Å²) in [6, 6.07) is 11.5. The van der Waals surface area contributed by atoms with Gasteiger partial charge < -0.3 is 9.15 Å². The van der Waals surface area contributed by atoms with Crippen LogP contribution < -0.4 is 0 Å². The maximum atomic E-state index is 12.4. The van der Waals surface area contributed by atoms with E-state index < -0.39 is 6.10 Å². The summed E-state index contributed by atoms with van der Waals surface area (Å²) in [6.07, 6.45) is 3.92. The molecule has 1 atom stereocenters. The Balaban J connectivity index is 1.46. The molecule has 0 radical (unpaired) electrons. The van der Waals surface area contributed by atoms with Gasteiger partial charge in [0.2, 0.25) is 5.89 Å². The van der Waals surface area contributed by atoms with Crippen molar-refractivity contribution >= 4 is 17.3 Å². The van der Waals surface area contributed by atoms with Crippen molar-refractivity contribution in [2.24, 2.45) is 0 Å². The molecular formula is C19H18N2O3S. The van der Waals surface area contributed by atoms with Crippen molar-refractivity contribution in [3.63, 3.8) is 0 Å². The highest BCUT2D eigenvalue weighted by molar-refractivity contribution is 7.14. The fraction of sp³-hybridized carbons (Fsp3) is 0.316. The maximum Gasteiger partial charge on any atom is 0.349 e. The van der Waals surface area contributed by atoms with E-state index in [2.05, 4.69) is 10.2 Å². The number of carbonyl (C=O) groups is 1. The summed E-state index contributed by atoms with van der Waals surface area (Å²) in [5.74, 6) is 0.393. The summed E-state index contributed by atoms with van der Waals surface area (Å²) in [5.41, 5.74) is 2.13. The molecule has 2 aromatic heterocycles.